The smallest absolute Gasteiger partial charge is 0.303 e. The maximum atomic E-state index is 10.6. The standard InChI is InChI=1S/C9H18O3/c1-5-6-8(9(3,4)11)12-7(2)10/h8,11H,5-6H2,1-4H3. The third-order valence-electron chi connectivity index (χ3n) is 1.65. The molecule has 0 saturated heterocycles. The largest absolute Gasteiger partial charge is 0.460 e. The first-order valence-corrected chi connectivity index (χ1v) is 4.27. The molecule has 0 aliphatic carbocycles. The first kappa shape index (κ1) is 11.4. The maximum absolute atomic E-state index is 10.6. The summed E-state index contributed by atoms with van der Waals surface area (Å²) in [6.45, 7) is 6.64. The highest BCUT2D eigenvalue weighted by Crippen LogP contribution is 2.17. The van der Waals surface area contributed by atoms with Crippen LogP contribution in [0.4, 0.5) is 0 Å². The third-order valence-corrected chi connectivity index (χ3v) is 1.65. The third kappa shape index (κ3) is 4.34. The second-order valence-electron chi connectivity index (χ2n) is 3.54. The van der Waals surface area contributed by atoms with E-state index in [4.69, 9.17) is 4.74 Å². The Kier molecular flexibility index (Phi) is 4.24. The average Bonchev–Trinajstić information content (AvgIpc) is 1.83. The number of carbonyl (C=O) groups excluding carboxylic acids is 1. The molecule has 0 radical (unpaired) electrons. The molecule has 0 rings (SSSR count). The Morgan fingerprint density at radius 3 is 2.33 bits per heavy atom. The van der Waals surface area contributed by atoms with Crippen molar-refractivity contribution in [1.29, 1.82) is 0 Å². The van der Waals surface area contributed by atoms with Gasteiger partial charge < -0.3 is 9.84 Å². The van der Waals surface area contributed by atoms with E-state index in [1.165, 1.54) is 6.92 Å². The van der Waals surface area contributed by atoms with Gasteiger partial charge in [-0.2, -0.15) is 0 Å². The minimum atomic E-state index is -0.943. The van der Waals surface area contributed by atoms with Crippen LogP contribution in [0, 0.1) is 0 Å². The summed E-state index contributed by atoms with van der Waals surface area (Å²) in [5.74, 6) is -0.337. The summed E-state index contributed by atoms with van der Waals surface area (Å²) in [7, 11) is 0. The zero-order chi connectivity index (χ0) is 9.78. The van der Waals surface area contributed by atoms with Crippen LogP contribution < -0.4 is 0 Å². The van der Waals surface area contributed by atoms with E-state index in [2.05, 4.69) is 0 Å². The van der Waals surface area contributed by atoms with E-state index >= 15 is 0 Å². The highest BCUT2D eigenvalue weighted by molar-refractivity contribution is 5.66. The van der Waals surface area contributed by atoms with Crippen molar-refractivity contribution in [2.75, 3.05) is 0 Å². The second kappa shape index (κ2) is 4.45. The molecule has 0 aromatic heterocycles. The Morgan fingerprint density at radius 2 is 2.08 bits per heavy atom. The molecule has 3 nitrogen and oxygen atoms in total. The molecule has 1 unspecified atom stereocenters. The van der Waals surface area contributed by atoms with Crippen LogP contribution in [0.15, 0.2) is 0 Å². The quantitative estimate of drug-likeness (QED) is 0.657. The molecular formula is C9H18O3. The van der Waals surface area contributed by atoms with Gasteiger partial charge in [-0.05, 0) is 20.3 Å². The summed E-state index contributed by atoms with van der Waals surface area (Å²) in [5, 5.41) is 9.58. The number of carbonyl (C=O) groups is 1. The lowest BCUT2D eigenvalue weighted by atomic mass is 9.98. The molecule has 0 amide bonds. The monoisotopic (exact) mass is 174 g/mol. The van der Waals surface area contributed by atoms with Crippen LogP contribution in [0.5, 0.6) is 0 Å². The van der Waals surface area contributed by atoms with E-state index in [1.807, 2.05) is 6.92 Å². The highest BCUT2D eigenvalue weighted by Gasteiger charge is 2.28. The van der Waals surface area contributed by atoms with Gasteiger partial charge in [0, 0.05) is 6.92 Å². The lowest BCUT2D eigenvalue weighted by molar-refractivity contribution is -0.160. The zero-order valence-corrected chi connectivity index (χ0v) is 8.26. The molecule has 3 heteroatoms. The fourth-order valence-corrected chi connectivity index (χ4v) is 1.02. The van der Waals surface area contributed by atoms with Gasteiger partial charge in [-0.3, -0.25) is 4.79 Å². The molecule has 0 fully saturated rings. The van der Waals surface area contributed by atoms with Gasteiger partial charge in [0.1, 0.15) is 6.10 Å². The predicted octanol–water partition coefficient (Wildman–Crippen LogP) is 1.49. The minimum absolute atomic E-state index is 0.337. The van der Waals surface area contributed by atoms with Crippen molar-refractivity contribution in [1.82, 2.24) is 0 Å². The normalized spacial score (nSPS) is 14.1. The number of rotatable bonds is 4. The molecule has 0 bridgehead atoms. The molecule has 0 heterocycles. The molecule has 0 aliphatic heterocycles. The molecule has 0 aromatic carbocycles. The summed E-state index contributed by atoms with van der Waals surface area (Å²) >= 11 is 0. The second-order valence-corrected chi connectivity index (χ2v) is 3.54. The predicted molar refractivity (Wildman–Crippen MR) is 46.8 cm³/mol. The average molecular weight is 174 g/mol. The zero-order valence-electron chi connectivity index (χ0n) is 8.26. The summed E-state index contributed by atoms with van der Waals surface area (Å²) in [5.41, 5.74) is -0.943. The molecule has 0 saturated carbocycles. The van der Waals surface area contributed by atoms with Crippen molar-refractivity contribution in [3.05, 3.63) is 0 Å². The van der Waals surface area contributed by atoms with Gasteiger partial charge in [0.25, 0.3) is 0 Å². The number of hydrogen-bond acceptors (Lipinski definition) is 3. The number of aliphatic hydroxyl groups is 1. The fourth-order valence-electron chi connectivity index (χ4n) is 1.02. The topological polar surface area (TPSA) is 46.5 Å². The van der Waals surface area contributed by atoms with Crippen molar-refractivity contribution in [3.63, 3.8) is 0 Å². The Labute approximate surface area is 73.7 Å². The molecule has 12 heavy (non-hydrogen) atoms. The number of hydrogen-bond donors (Lipinski definition) is 1. The van der Waals surface area contributed by atoms with Crippen LogP contribution in [-0.4, -0.2) is 22.8 Å². The van der Waals surface area contributed by atoms with Crippen molar-refractivity contribution < 1.29 is 14.6 Å². The fraction of sp³-hybridized carbons (Fsp3) is 0.889. The van der Waals surface area contributed by atoms with Crippen molar-refractivity contribution >= 4 is 5.97 Å². The molecule has 1 atom stereocenters. The summed E-state index contributed by atoms with van der Waals surface area (Å²) in [6.07, 6.45) is 1.20. The Morgan fingerprint density at radius 1 is 1.58 bits per heavy atom. The highest BCUT2D eigenvalue weighted by atomic mass is 16.6. The van der Waals surface area contributed by atoms with Gasteiger partial charge in [0.2, 0.25) is 0 Å². The van der Waals surface area contributed by atoms with E-state index in [0.29, 0.717) is 6.42 Å². The van der Waals surface area contributed by atoms with Crippen LogP contribution in [0.25, 0.3) is 0 Å². The summed E-state index contributed by atoms with van der Waals surface area (Å²) in [6, 6.07) is 0. The Bertz CT molecular complexity index is 146. The molecule has 0 aliphatic rings. The molecule has 0 spiro atoms. The lowest BCUT2D eigenvalue weighted by Gasteiger charge is -2.28. The van der Waals surface area contributed by atoms with Gasteiger partial charge in [-0.25, -0.2) is 0 Å². The number of ether oxygens (including phenoxy) is 1. The van der Waals surface area contributed by atoms with Crippen molar-refractivity contribution in [2.45, 2.75) is 52.2 Å². The van der Waals surface area contributed by atoms with Gasteiger partial charge in [-0.1, -0.05) is 13.3 Å². The lowest BCUT2D eigenvalue weighted by Crippen LogP contribution is -2.39. The van der Waals surface area contributed by atoms with Gasteiger partial charge >= 0.3 is 5.97 Å². The Hall–Kier alpha value is -0.570. The molecule has 0 aromatic rings. The van der Waals surface area contributed by atoms with Crippen LogP contribution >= 0.6 is 0 Å². The summed E-state index contributed by atoms with van der Waals surface area (Å²) in [4.78, 5) is 10.6. The molecule has 1 N–H and O–H groups in total. The first-order chi connectivity index (χ1) is 5.38. The van der Waals surface area contributed by atoms with Crippen LogP contribution in [-0.2, 0) is 9.53 Å². The summed E-state index contributed by atoms with van der Waals surface area (Å²) < 4.78 is 4.97. The van der Waals surface area contributed by atoms with E-state index in [9.17, 15) is 9.90 Å². The van der Waals surface area contributed by atoms with E-state index in [1.54, 1.807) is 13.8 Å². The van der Waals surface area contributed by atoms with Crippen molar-refractivity contribution in [3.8, 4) is 0 Å². The van der Waals surface area contributed by atoms with E-state index in [-0.39, 0.29) is 12.1 Å². The van der Waals surface area contributed by atoms with Gasteiger partial charge in [-0.15, -0.1) is 0 Å². The Balaban J connectivity index is 4.13. The van der Waals surface area contributed by atoms with Crippen molar-refractivity contribution in [2.24, 2.45) is 0 Å². The minimum Gasteiger partial charge on any atom is -0.460 e. The van der Waals surface area contributed by atoms with E-state index < -0.39 is 5.60 Å². The van der Waals surface area contributed by atoms with Crippen LogP contribution in [0.1, 0.15) is 40.5 Å². The molecule has 72 valence electrons. The van der Waals surface area contributed by atoms with E-state index in [0.717, 1.165) is 6.42 Å². The maximum Gasteiger partial charge on any atom is 0.303 e. The molecular weight excluding hydrogens is 156 g/mol. The van der Waals surface area contributed by atoms with Crippen LogP contribution in [0.2, 0.25) is 0 Å². The van der Waals surface area contributed by atoms with Crippen LogP contribution in [0.3, 0.4) is 0 Å². The SMILES string of the molecule is CCCC(OC(C)=O)C(C)(C)O. The van der Waals surface area contributed by atoms with Gasteiger partial charge in [0.15, 0.2) is 0 Å². The first-order valence-electron chi connectivity index (χ1n) is 4.27. The number of esters is 1. The van der Waals surface area contributed by atoms with Gasteiger partial charge in [0.05, 0.1) is 5.60 Å².